The van der Waals surface area contributed by atoms with Gasteiger partial charge in [0.2, 0.25) is 0 Å². The lowest BCUT2D eigenvalue weighted by Crippen LogP contribution is -2.35. The normalized spacial score (nSPS) is 16.3. The van der Waals surface area contributed by atoms with Crippen LogP contribution in [0.15, 0.2) is 16.5 Å². The minimum absolute atomic E-state index is 0.109. The van der Waals surface area contributed by atoms with Crippen LogP contribution >= 0.6 is 0 Å². The summed E-state index contributed by atoms with van der Waals surface area (Å²) in [6.07, 6.45) is 0.131. The van der Waals surface area contributed by atoms with E-state index in [0.717, 1.165) is 0 Å². The van der Waals surface area contributed by atoms with E-state index in [1.54, 1.807) is 0 Å². The van der Waals surface area contributed by atoms with Crippen molar-refractivity contribution in [2.45, 2.75) is 12.5 Å². The Kier molecular flexibility index (Phi) is 3.75. The summed E-state index contributed by atoms with van der Waals surface area (Å²) in [5, 5.41) is 12.0. The third-order valence-electron chi connectivity index (χ3n) is 1.82. The molecule has 1 aliphatic rings. The van der Waals surface area contributed by atoms with E-state index in [0.29, 0.717) is 11.4 Å². The molecule has 82 valence electrons. The van der Waals surface area contributed by atoms with Gasteiger partial charge in [-0.25, -0.2) is 0 Å². The van der Waals surface area contributed by atoms with E-state index in [1.807, 2.05) is 0 Å². The molecule has 1 rings (SSSR count). The second-order valence-electron chi connectivity index (χ2n) is 2.87. The molecule has 0 saturated heterocycles. The van der Waals surface area contributed by atoms with Crippen LogP contribution < -0.4 is 22.1 Å². The SMILES string of the molecule is [N-]=[N+]=NCC1=C(C[C@H](N)C(=O)O)NNN1. The molecule has 9 nitrogen and oxygen atoms in total. The third-order valence-corrected chi connectivity index (χ3v) is 1.82. The number of carboxylic acid groups (broad SMARTS) is 1. The standard InChI is InChI=1S/C6H11N7O2/c7-3(6(14)15)1-4-5(2-9-12-8)11-13-10-4/h3,10-11,13H,1-2,7H2,(H,14,15)/t3-/m0/s1. The molecule has 1 heterocycles. The first-order valence-electron chi connectivity index (χ1n) is 4.13. The summed E-state index contributed by atoms with van der Waals surface area (Å²) in [4.78, 5) is 13.1. The predicted molar refractivity (Wildman–Crippen MR) is 50.7 cm³/mol. The molecule has 6 N–H and O–H groups in total. The van der Waals surface area contributed by atoms with Gasteiger partial charge in [-0.15, -0.1) is 0 Å². The first-order chi connectivity index (χ1) is 7.15. The van der Waals surface area contributed by atoms with Gasteiger partial charge in [-0.2, -0.15) is 5.53 Å². The molecule has 0 unspecified atom stereocenters. The van der Waals surface area contributed by atoms with Crippen LogP contribution in [0.5, 0.6) is 0 Å². The summed E-state index contributed by atoms with van der Waals surface area (Å²) in [5.74, 6) is -1.08. The Morgan fingerprint density at radius 3 is 2.87 bits per heavy atom. The van der Waals surface area contributed by atoms with Crippen LogP contribution in [0.3, 0.4) is 0 Å². The van der Waals surface area contributed by atoms with Crippen molar-refractivity contribution in [3.05, 3.63) is 21.8 Å². The average molecular weight is 213 g/mol. The van der Waals surface area contributed by atoms with Crippen LogP contribution in [0.25, 0.3) is 10.4 Å². The van der Waals surface area contributed by atoms with Gasteiger partial charge in [0, 0.05) is 11.3 Å². The Morgan fingerprint density at radius 1 is 1.60 bits per heavy atom. The molecule has 0 spiro atoms. The minimum Gasteiger partial charge on any atom is -0.480 e. The van der Waals surface area contributed by atoms with Crippen LogP contribution in [0.4, 0.5) is 0 Å². The van der Waals surface area contributed by atoms with E-state index in [4.69, 9.17) is 16.4 Å². The number of hydrogen-bond donors (Lipinski definition) is 5. The molecule has 0 aromatic rings. The quantitative estimate of drug-likeness (QED) is 0.223. The van der Waals surface area contributed by atoms with Gasteiger partial charge in [0.05, 0.1) is 17.9 Å². The van der Waals surface area contributed by atoms with Crippen LogP contribution in [-0.2, 0) is 4.79 Å². The maximum atomic E-state index is 10.5. The molecule has 15 heavy (non-hydrogen) atoms. The number of azide groups is 1. The minimum atomic E-state index is -1.08. The van der Waals surface area contributed by atoms with Crippen molar-refractivity contribution >= 4 is 5.97 Å². The van der Waals surface area contributed by atoms with E-state index in [2.05, 4.69) is 26.4 Å². The average Bonchev–Trinajstić information content (AvgIpc) is 2.62. The molecular weight excluding hydrogens is 202 g/mol. The van der Waals surface area contributed by atoms with Crippen LogP contribution in [-0.4, -0.2) is 23.7 Å². The highest BCUT2D eigenvalue weighted by atomic mass is 16.4. The number of rotatable bonds is 5. The summed E-state index contributed by atoms with van der Waals surface area (Å²) < 4.78 is 0. The number of nitrogens with one attached hydrogen (secondary N) is 3. The lowest BCUT2D eigenvalue weighted by Gasteiger charge is -2.07. The second kappa shape index (κ2) is 5.05. The maximum absolute atomic E-state index is 10.5. The third kappa shape index (κ3) is 3.02. The van der Waals surface area contributed by atoms with E-state index in [9.17, 15) is 4.79 Å². The summed E-state index contributed by atoms with van der Waals surface area (Å²) >= 11 is 0. The lowest BCUT2D eigenvalue weighted by atomic mass is 10.1. The molecule has 0 bridgehead atoms. The number of nitrogens with two attached hydrogens (primary N) is 1. The van der Waals surface area contributed by atoms with Crippen LogP contribution in [0.2, 0.25) is 0 Å². The molecular formula is C6H11N7O2. The van der Waals surface area contributed by atoms with Gasteiger partial charge in [-0.1, -0.05) is 5.11 Å². The van der Waals surface area contributed by atoms with Gasteiger partial charge >= 0.3 is 5.97 Å². The highest BCUT2D eigenvalue weighted by Crippen LogP contribution is 2.08. The van der Waals surface area contributed by atoms with E-state index < -0.39 is 12.0 Å². The molecule has 1 atom stereocenters. The second-order valence-corrected chi connectivity index (χ2v) is 2.87. The Labute approximate surface area is 84.9 Å². The summed E-state index contributed by atoms with van der Waals surface area (Å²) in [6.45, 7) is 0.109. The molecule has 0 radical (unpaired) electrons. The fourth-order valence-electron chi connectivity index (χ4n) is 1.05. The molecule has 9 heteroatoms. The molecule has 0 amide bonds. The van der Waals surface area contributed by atoms with Crippen molar-refractivity contribution in [1.29, 1.82) is 0 Å². The fourth-order valence-corrected chi connectivity index (χ4v) is 1.05. The number of carbonyl (C=O) groups is 1. The molecule has 0 aromatic carbocycles. The molecule has 0 aliphatic carbocycles. The van der Waals surface area contributed by atoms with Gasteiger partial charge in [0.1, 0.15) is 6.04 Å². The Bertz CT molecular complexity index is 332. The zero-order valence-electron chi connectivity index (χ0n) is 7.77. The van der Waals surface area contributed by atoms with Crippen molar-refractivity contribution in [3.63, 3.8) is 0 Å². The maximum Gasteiger partial charge on any atom is 0.320 e. The highest BCUT2D eigenvalue weighted by molar-refractivity contribution is 5.73. The summed E-state index contributed by atoms with van der Waals surface area (Å²) in [7, 11) is 0. The Hall–Kier alpha value is -1.96. The number of hydrogen-bond acceptors (Lipinski definition) is 6. The Morgan fingerprint density at radius 2 is 2.27 bits per heavy atom. The lowest BCUT2D eigenvalue weighted by molar-refractivity contribution is -0.138. The summed E-state index contributed by atoms with van der Waals surface area (Å²) in [6, 6.07) is -0.990. The smallest absolute Gasteiger partial charge is 0.320 e. The number of hydrazine groups is 2. The van der Waals surface area contributed by atoms with Gasteiger partial charge in [0.25, 0.3) is 0 Å². The molecule has 1 aliphatic heterocycles. The van der Waals surface area contributed by atoms with Crippen molar-refractivity contribution in [2.24, 2.45) is 10.8 Å². The van der Waals surface area contributed by atoms with Crippen molar-refractivity contribution in [2.75, 3.05) is 6.54 Å². The summed E-state index contributed by atoms with van der Waals surface area (Å²) in [5.41, 5.74) is 22.6. The van der Waals surface area contributed by atoms with Crippen molar-refractivity contribution < 1.29 is 9.90 Å². The fraction of sp³-hybridized carbons (Fsp3) is 0.500. The van der Waals surface area contributed by atoms with Gasteiger partial charge in [0.15, 0.2) is 0 Å². The zero-order chi connectivity index (χ0) is 11.3. The number of nitrogens with zero attached hydrogens (tertiary/aromatic N) is 3. The Balaban J connectivity index is 2.64. The highest BCUT2D eigenvalue weighted by Gasteiger charge is 2.19. The van der Waals surface area contributed by atoms with Crippen molar-refractivity contribution in [1.82, 2.24) is 16.4 Å². The van der Waals surface area contributed by atoms with Crippen LogP contribution in [0.1, 0.15) is 6.42 Å². The van der Waals surface area contributed by atoms with E-state index in [1.165, 1.54) is 0 Å². The first-order valence-corrected chi connectivity index (χ1v) is 4.13. The predicted octanol–water partition coefficient (Wildman–Crippen LogP) is -1.08. The number of carboxylic acids is 1. The number of aliphatic carboxylic acids is 1. The van der Waals surface area contributed by atoms with Crippen LogP contribution in [0, 0.1) is 0 Å². The van der Waals surface area contributed by atoms with Gasteiger partial charge in [-0.3, -0.25) is 4.79 Å². The van der Waals surface area contributed by atoms with Gasteiger partial charge in [-0.05, 0) is 5.53 Å². The largest absolute Gasteiger partial charge is 0.480 e. The van der Waals surface area contributed by atoms with E-state index in [-0.39, 0.29) is 13.0 Å². The van der Waals surface area contributed by atoms with E-state index >= 15 is 0 Å². The topological polar surface area (TPSA) is 148 Å². The monoisotopic (exact) mass is 213 g/mol. The first kappa shape index (κ1) is 11.1. The molecule has 0 saturated carbocycles. The zero-order valence-corrected chi connectivity index (χ0v) is 7.77. The van der Waals surface area contributed by atoms with Gasteiger partial charge < -0.3 is 21.7 Å². The van der Waals surface area contributed by atoms with Crippen molar-refractivity contribution in [3.8, 4) is 0 Å². The molecule has 0 fully saturated rings. The molecule has 0 aromatic heterocycles.